The van der Waals surface area contributed by atoms with Gasteiger partial charge in [-0.15, -0.1) is 0 Å². The van der Waals surface area contributed by atoms with Gasteiger partial charge in [-0.05, 0) is 34.0 Å². The fraction of sp³-hybridized carbons (Fsp3) is 0.533. The molecule has 0 aromatic carbocycles. The summed E-state index contributed by atoms with van der Waals surface area (Å²) in [6.45, 7) is 6.43. The van der Waals surface area contributed by atoms with E-state index in [1.165, 1.54) is 12.4 Å². The zero-order chi connectivity index (χ0) is 15.8. The summed E-state index contributed by atoms with van der Waals surface area (Å²) in [5.41, 5.74) is 0.853. The molecule has 1 N–H and O–H groups in total. The van der Waals surface area contributed by atoms with Crippen molar-refractivity contribution in [2.75, 3.05) is 40.3 Å². The summed E-state index contributed by atoms with van der Waals surface area (Å²) in [4.78, 5) is 31.9. The molecule has 0 spiro atoms. The number of likely N-dealkylation sites (N-methyl/N-ethyl adjacent to an activating group) is 1. The fourth-order valence-corrected chi connectivity index (χ4v) is 1.87. The molecule has 6 nitrogen and oxygen atoms in total. The number of amides is 2. The van der Waals surface area contributed by atoms with Crippen LogP contribution in [0.1, 0.15) is 34.6 Å². The molecule has 0 fully saturated rings. The SMILES string of the molecule is CCN(CC)C(=O)c1cncc(C(=O)NCCN(C)C)c1. The number of pyridine rings is 1. The van der Waals surface area contributed by atoms with Crippen LogP contribution >= 0.6 is 0 Å². The Hall–Kier alpha value is -1.95. The Balaban J connectivity index is 2.76. The van der Waals surface area contributed by atoms with Crippen molar-refractivity contribution in [3.8, 4) is 0 Å². The first-order chi connectivity index (χ1) is 9.99. The van der Waals surface area contributed by atoms with Crippen LogP contribution in [-0.2, 0) is 0 Å². The Kier molecular flexibility index (Phi) is 6.81. The standard InChI is InChI=1S/C15H24N4O2/c1-5-19(6-2)15(21)13-9-12(10-16-11-13)14(20)17-7-8-18(3)4/h9-11H,5-8H2,1-4H3,(H,17,20). The predicted molar refractivity (Wildman–Crippen MR) is 82.4 cm³/mol. The number of hydrogen-bond donors (Lipinski definition) is 1. The Morgan fingerprint density at radius 3 is 2.33 bits per heavy atom. The maximum absolute atomic E-state index is 12.2. The minimum atomic E-state index is -0.210. The summed E-state index contributed by atoms with van der Waals surface area (Å²) >= 11 is 0. The molecule has 116 valence electrons. The van der Waals surface area contributed by atoms with E-state index in [1.54, 1.807) is 11.0 Å². The fourth-order valence-electron chi connectivity index (χ4n) is 1.87. The highest BCUT2D eigenvalue weighted by Gasteiger charge is 2.15. The Morgan fingerprint density at radius 1 is 1.14 bits per heavy atom. The summed E-state index contributed by atoms with van der Waals surface area (Å²) in [6, 6.07) is 1.60. The summed E-state index contributed by atoms with van der Waals surface area (Å²) in [6.07, 6.45) is 2.97. The third-order valence-corrected chi connectivity index (χ3v) is 3.14. The lowest BCUT2D eigenvalue weighted by molar-refractivity contribution is 0.0772. The lowest BCUT2D eigenvalue weighted by atomic mass is 10.1. The molecule has 0 bridgehead atoms. The Labute approximate surface area is 126 Å². The molecule has 0 unspecified atom stereocenters. The molecule has 0 saturated heterocycles. The molecule has 0 atom stereocenters. The molecule has 2 amide bonds. The molecule has 6 heteroatoms. The van der Waals surface area contributed by atoms with Gasteiger partial charge in [-0.1, -0.05) is 0 Å². The summed E-state index contributed by atoms with van der Waals surface area (Å²) in [5.74, 6) is -0.311. The second-order valence-corrected chi connectivity index (χ2v) is 5.00. The van der Waals surface area contributed by atoms with Crippen LogP contribution in [0.2, 0.25) is 0 Å². The summed E-state index contributed by atoms with van der Waals surface area (Å²) in [5, 5.41) is 2.81. The number of hydrogen-bond acceptors (Lipinski definition) is 4. The maximum atomic E-state index is 12.2. The van der Waals surface area contributed by atoms with E-state index >= 15 is 0 Å². The van der Waals surface area contributed by atoms with Crippen molar-refractivity contribution in [3.05, 3.63) is 29.6 Å². The normalized spacial score (nSPS) is 10.5. The van der Waals surface area contributed by atoms with Gasteiger partial charge in [-0.2, -0.15) is 0 Å². The number of carbonyl (C=O) groups excluding carboxylic acids is 2. The first kappa shape index (κ1) is 17.1. The first-order valence-electron chi connectivity index (χ1n) is 7.16. The van der Waals surface area contributed by atoms with Crippen LogP contribution in [0.3, 0.4) is 0 Å². The van der Waals surface area contributed by atoms with Crippen molar-refractivity contribution >= 4 is 11.8 Å². The van der Waals surface area contributed by atoms with E-state index in [0.29, 0.717) is 30.8 Å². The second-order valence-electron chi connectivity index (χ2n) is 5.00. The molecular weight excluding hydrogens is 268 g/mol. The molecule has 0 saturated carbocycles. The molecular formula is C15H24N4O2. The van der Waals surface area contributed by atoms with Gasteiger partial charge in [0.15, 0.2) is 0 Å². The summed E-state index contributed by atoms with van der Waals surface area (Å²) in [7, 11) is 3.88. The van der Waals surface area contributed by atoms with Gasteiger partial charge < -0.3 is 15.1 Å². The van der Waals surface area contributed by atoms with E-state index in [0.717, 1.165) is 6.54 Å². The highest BCUT2D eigenvalue weighted by atomic mass is 16.2. The van der Waals surface area contributed by atoms with Gasteiger partial charge in [0.1, 0.15) is 0 Å². The zero-order valence-electron chi connectivity index (χ0n) is 13.2. The van der Waals surface area contributed by atoms with Gasteiger partial charge in [-0.3, -0.25) is 14.6 Å². The van der Waals surface area contributed by atoms with Crippen LogP contribution in [0.5, 0.6) is 0 Å². The molecule has 0 radical (unpaired) electrons. The van der Waals surface area contributed by atoms with Crippen molar-refractivity contribution in [2.24, 2.45) is 0 Å². The van der Waals surface area contributed by atoms with Crippen LogP contribution in [-0.4, -0.2) is 66.9 Å². The molecule has 0 aliphatic heterocycles. The number of aromatic nitrogens is 1. The molecule has 1 aromatic rings. The number of nitrogens with zero attached hydrogens (tertiary/aromatic N) is 3. The van der Waals surface area contributed by atoms with Gasteiger partial charge in [0.05, 0.1) is 11.1 Å². The highest BCUT2D eigenvalue weighted by molar-refractivity contribution is 5.99. The average molecular weight is 292 g/mol. The van der Waals surface area contributed by atoms with Gasteiger partial charge in [0, 0.05) is 38.6 Å². The Bertz CT molecular complexity index is 484. The predicted octanol–water partition coefficient (Wildman–Crippen LogP) is 0.855. The summed E-state index contributed by atoms with van der Waals surface area (Å²) < 4.78 is 0. The minimum absolute atomic E-state index is 0.101. The quantitative estimate of drug-likeness (QED) is 0.809. The molecule has 21 heavy (non-hydrogen) atoms. The van der Waals surface area contributed by atoms with Crippen LogP contribution in [0.4, 0.5) is 0 Å². The van der Waals surface area contributed by atoms with E-state index in [9.17, 15) is 9.59 Å². The largest absolute Gasteiger partial charge is 0.351 e. The molecule has 0 aliphatic carbocycles. The van der Waals surface area contributed by atoms with E-state index < -0.39 is 0 Å². The lowest BCUT2D eigenvalue weighted by Gasteiger charge is -2.18. The van der Waals surface area contributed by atoms with Crippen LogP contribution in [0.15, 0.2) is 18.5 Å². The molecule has 0 aliphatic rings. The molecule has 1 aromatic heterocycles. The van der Waals surface area contributed by atoms with Crippen LogP contribution in [0.25, 0.3) is 0 Å². The third-order valence-electron chi connectivity index (χ3n) is 3.14. The van der Waals surface area contributed by atoms with Gasteiger partial charge in [0.25, 0.3) is 11.8 Å². The van der Waals surface area contributed by atoms with Crippen LogP contribution in [0, 0.1) is 0 Å². The first-order valence-corrected chi connectivity index (χ1v) is 7.16. The van der Waals surface area contributed by atoms with Gasteiger partial charge >= 0.3 is 0 Å². The minimum Gasteiger partial charge on any atom is -0.351 e. The number of nitrogens with one attached hydrogen (secondary N) is 1. The highest BCUT2D eigenvalue weighted by Crippen LogP contribution is 2.07. The van der Waals surface area contributed by atoms with Crippen LogP contribution < -0.4 is 5.32 Å². The van der Waals surface area contributed by atoms with E-state index in [4.69, 9.17) is 0 Å². The van der Waals surface area contributed by atoms with Gasteiger partial charge in [0.2, 0.25) is 0 Å². The number of rotatable bonds is 7. The van der Waals surface area contributed by atoms with Crippen molar-refractivity contribution < 1.29 is 9.59 Å². The molecule has 1 rings (SSSR count). The van der Waals surface area contributed by atoms with Gasteiger partial charge in [-0.25, -0.2) is 0 Å². The third kappa shape index (κ3) is 5.15. The smallest absolute Gasteiger partial charge is 0.255 e. The topological polar surface area (TPSA) is 65.5 Å². The van der Waals surface area contributed by atoms with Crippen molar-refractivity contribution in [1.82, 2.24) is 20.1 Å². The number of carbonyl (C=O) groups is 2. The van der Waals surface area contributed by atoms with E-state index in [1.807, 2.05) is 32.8 Å². The lowest BCUT2D eigenvalue weighted by Crippen LogP contribution is -2.32. The molecule has 1 heterocycles. The average Bonchev–Trinajstić information content (AvgIpc) is 2.48. The monoisotopic (exact) mass is 292 g/mol. The zero-order valence-corrected chi connectivity index (χ0v) is 13.2. The maximum Gasteiger partial charge on any atom is 0.255 e. The van der Waals surface area contributed by atoms with Crippen molar-refractivity contribution in [2.45, 2.75) is 13.8 Å². The van der Waals surface area contributed by atoms with E-state index in [-0.39, 0.29) is 11.8 Å². The van der Waals surface area contributed by atoms with E-state index in [2.05, 4.69) is 10.3 Å². The van der Waals surface area contributed by atoms with Crippen molar-refractivity contribution in [1.29, 1.82) is 0 Å². The second kappa shape index (κ2) is 8.36. The Morgan fingerprint density at radius 2 is 1.76 bits per heavy atom. The van der Waals surface area contributed by atoms with Crippen molar-refractivity contribution in [3.63, 3.8) is 0 Å².